The first-order valence-corrected chi connectivity index (χ1v) is 8.04. The molecule has 0 spiro atoms. The number of methoxy groups -OCH3 is 1. The third-order valence-electron chi connectivity index (χ3n) is 4.17. The van der Waals surface area contributed by atoms with E-state index in [1.54, 1.807) is 35.9 Å². The van der Waals surface area contributed by atoms with Crippen LogP contribution < -0.4 is 10.1 Å². The number of hydrogen-bond donors (Lipinski definition) is 1. The number of nitrogens with one attached hydrogen (secondary N) is 1. The average molecular weight is 333 g/mol. The minimum atomic E-state index is -0.137. The molecule has 1 saturated carbocycles. The number of nitrogens with zero attached hydrogens (tertiary/aromatic N) is 4. The van der Waals surface area contributed by atoms with Gasteiger partial charge in [-0.3, -0.25) is 14.2 Å². The van der Waals surface area contributed by atoms with E-state index in [4.69, 9.17) is 9.47 Å². The second kappa shape index (κ2) is 7.04. The number of rotatable bonds is 6. The van der Waals surface area contributed by atoms with Crippen molar-refractivity contribution in [1.82, 2.24) is 24.9 Å². The van der Waals surface area contributed by atoms with Gasteiger partial charge < -0.3 is 14.8 Å². The molecule has 1 aliphatic rings. The lowest BCUT2D eigenvalue weighted by molar-refractivity contribution is 0.0889. The summed E-state index contributed by atoms with van der Waals surface area (Å²) in [6.07, 6.45) is 8.03. The Bertz CT molecular complexity index is 708. The van der Waals surface area contributed by atoms with Gasteiger partial charge in [-0.25, -0.2) is 0 Å². The highest BCUT2D eigenvalue weighted by atomic mass is 16.5. The molecule has 2 aromatic rings. The van der Waals surface area contributed by atoms with E-state index >= 15 is 0 Å². The molecule has 2 heterocycles. The molecule has 1 amide bonds. The lowest BCUT2D eigenvalue weighted by Crippen LogP contribution is -2.42. The van der Waals surface area contributed by atoms with Crippen LogP contribution in [0.4, 0.5) is 0 Å². The molecule has 1 aliphatic carbocycles. The van der Waals surface area contributed by atoms with Crippen LogP contribution in [-0.4, -0.2) is 44.7 Å². The van der Waals surface area contributed by atoms with Crippen molar-refractivity contribution in [3.63, 3.8) is 0 Å². The Morgan fingerprint density at radius 1 is 1.33 bits per heavy atom. The molecule has 24 heavy (non-hydrogen) atoms. The van der Waals surface area contributed by atoms with Crippen molar-refractivity contribution in [2.45, 2.75) is 38.0 Å². The summed E-state index contributed by atoms with van der Waals surface area (Å²) < 4.78 is 14.4. The number of carbonyl (C=O) groups excluding carboxylic acids is 1. The summed E-state index contributed by atoms with van der Waals surface area (Å²) in [5.74, 6) is 0.590. The number of hydrogen-bond acceptors (Lipinski definition) is 5. The Kier molecular flexibility index (Phi) is 4.84. The minimum Gasteiger partial charge on any atom is -0.485 e. The quantitative estimate of drug-likeness (QED) is 0.854. The third kappa shape index (κ3) is 3.59. The van der Waals surface area contributed by atoms with E-state index in [0.717, 1.165) is 25.0 Å². The van der Waals surface area contributed by atoms with Crippen LogP contribution in [0.1, 0.15) is 35.3 Å². The Morgan fingerprint density at radius 3 is 2.88 bits per heavy atom. The van der Waals surface area contributed by atoms with Crippen molar-refractivity contribution in [3.05, 3.63) is 29.8 Å². The van der Waals surface area contributed by atoms with Gasteiger partial charge in [0, 0.05) is 27.4 Å². The van der Waals surface area contributed by atoms with Crippen LogP contribution in [0.5, 0.6) is 5.75 Å². The summed E-state index contributed by atoms with van der Waals surface area (Å²) in [6, 6.07) is -0.0201. The molecule has 0 saturated heterocycles. The molecule has 130 valence electrons. The third-order valence-corrected chi connectivity index (χ3v) is 4.17. The van der Waals surface area contributed by atoms with E-state index in [9.17, 15) is 4.79 Å². The highest BCUT2D eigenvalue weighted by molar-refractivity contribution is 5.95. The van der Waals surface area contributed by atoms with E-state index in [-0.39, 0.29) is 18.1 Å². The summed E-state index contributed by atoms with van der Waals surface area (Å²) in [5, 5.41) is 11.5. The number of aromatic nitrogens is 4. The molecule has 1 fully saturated rings. The second-order valence-electron chi connectivity index (χ2n) is 6.11. The van der Waals surface area contributed by atoms with Crippen molar-refractivity contribution < 1.29 is 14.3 Å². The van der Waals surface area contributed by atoms with Gasteiger partial charge in [-0.1, -0.05) is 0 Å². The van der Waals surface area contributed by atoms with Gasteiger partial charge in [-0.2, -0.15) is 10.2 Å². The fourth-order valence-electron chi connectivity index (χ4n) is 3.08. The highest BCUT2D eigenvalue weighted by Gasteiger charge is 2.31. The molecule has 0 aromatic carbocycles. The van der Waals surface area contributed by atoms with Crippen molar-refractivity contribution in [1.29, 1.82) is 0 Å². The maximum absolute atomic E-state index is 12.6. The normalized spacial score (nSPS) is 20.3. The van der Waals surface area contributed by atoms with Crippen LogP contribution in [0.15, 0.2) is 18.6 Å². The molecule has 0 unspecified atom stereocenters. The maximum Gasteiger partial charge on any atom is 0.255 e. The standard InChI is InChI=1S/C16H23N5O3/c1-20-8-11(7-17-20)24-15-6-4-5-13(15)18-16(22)12-9-21(2)19-14(12)10-23-3/h7-9,13,15H,4-6,10H2,1-3H3,(H,18,22)/t13-,15+/m0/s1. The summed E-state index contributed by atoms with van der Waals surface area (Å²) in [5.41, 5.74) is 1.19. The van der Waals surface area contributed by atoms with Gasteiger partial charge in [0.2, 0.25) is 0 Å². The highest BCUT2D eigenvalue weighted by Crippen LogP contribution is 2.25. The van der Waals surface area contributed by atoms with Crippen LogP contribution in [0.3, 0.4) is 0 Å². The predicted octanol–water partition coefficient (Wildman–Crippen LogP) is 1.03. The summed E-state index contributed by atoms with van der Waals surface area (Å²) >= 11 is 0. The molecular weight excluding hydrogens is 310 g/mol. The first-order valence-electron chi connectivity index (χ1n) is 8.04. The van der Waals surface area contributed by atoms with Crippen LogP contribution in [-0.2, 0) is 25.4 Å². The summed E-state index contributed by atoms with van der Waals surface area (Å²) in [6.45, 7) is 0.309. The van der Waals surface area contributed by atoms with Crippen LogP contribution >= 0.6 is 0 Å². The fourth-order valence-corrected chi connectivity index (χ4v) is 3.08. The van der Waals surface area contributed by atoms with Crippen LogP contribution in [0, 0.1) is 0 Å². The van der Waals surface area contributed by atoms with Gasteiger partial charge in [0.1, 0.15) is 11.8 Å². The molecule has 3 rings (SSSR count). The topological polar surface area (TPSA) is 83.2 Å². The van der Waals surface area contributed by atoms with E-state index < -0.39 is 0 Å². The lowest BCUT2D eigenvalue weighted by atomic mass is 10.1. The zero-order valence-corrected chi connectivity index (χ0v) is 14.2. The molecule has 0 radical (unpaired) electrons. The Balaban J connectivity index is 1.66. The SMILES string of the molecule is COCc1nn(C)cc1C(=O)N[C@H]1CCC[C@H]1Oc1cnn(C)c1. The van der Waals surface area contributed by atoms with Crippen molar-refractivity contribution in [2.75, 3.05) is 7.11 Å². The average Bonchev–Trinajstić information content (AvgIpc) is 3.22. The van der Waals surface area contributed by atoms with Crippen molar-refractivity contribution in [3.8, 4) is 5.75 Å². The molecular formula is C16H23N5O3. The Labute approximate surface area is 140 Å². The fraction of sp³-hybridized carbons (Fsp3) is 0.562. The number of amides is 1. The van der Waals surface area contributed by atoms with Gasteiger partial charge in [-0.15, -0.1) is 0 Å². The maximum atomic E-state index is 12.6. The number of carbonyl (C=O) groups is 1. The van der Waals surface area contributed by atoms with E-state index in [1.807, 2.05) is 13.2 Å². The molecule has 8 nitrogen and oxygen atoms in total. The summed E-state index contributed by atoms with van der Waals surface area (Å²) in [4.78, 5) is 12.6. The van der Waals surface area contributed by atoms with E-state index in [1.165, 1.54) is 0 Å². The lowest BCUT2D eigenvalue weighted by Gasteiger charge is -2.21. The molecule has 2 aromatic heterocycles. The van der Waals surface area contributed by atoms with Gasteiger partial charge in [0.15, 0.2) is 5.75 Å². The monoisotopic (exact) mass is 333 g/mol. The smallest absolute Gasteiger partial charge is 0.255 e. The molecule has 8 heteroatoms. The van der Waals surface area contributed by atoms with Gasteiger partial charge in [-0.05, 0) is 19.3 Å². The molecule has 0 aliphatic heterocycles. The largest absolute Gasteiger partial charge is 0.485 e. The zero-order chi connectivity index (χ0) is 17.1. The summed E-state index contributed by atoms with van der Waals surface area (Å²) in [7, 11) is 5.23. The van der Waals surface area contributed by atoms with Crippen LogP contribution in [0.25, 0.3) is 0 Å². The van der Waals surface area contributed by atoms with E-state index in [2.05, 4.69) is 15.5 Å². The Hall–Kier alpha value is -2.35. The number of ether oxygens (including phenoxy) is 2. The van der Waals surface area contributed by atoms with Crippen molar-refractivity contribution in [2.24, 2.45) is 14.1 Å². The molecule has 0 bridgehead atoms. The van der Waals surface area contributed by atoms with E-state index in [0.29, 0.717) is 17.9 Å². The first-order chi connectivity index (χ1) is 11.6. The predicted molar refractivity (Wildman–Crippen MR) is 86.7 cm³/mol. The Morgan fingerprint density at radius 2 is 2.17 bits per heavy atom. The van der Waals surface area contributed by atoms with Crippen LogP contribution in [0.2, 0.25) is 0 Å². The number of aryl methyl sites for hydroxylation is 2. The minimum absolute atomic E-state index is 0.0201. The second-order valence-corrected chi connectivity index (χ2v) is 6.11. The van der Waals surface area contributed by atoms with Gasteiger partial charge >= 0.3 is 0 Å². The zero-order valence-electron chi connectivity index (χ0n) is 14.2. The van der Waals surface area contributed by atoms with Gasteiger partial charge in [0.25, 0.3) is 5.91 Å². The molecule has 1 N–H and O–H groups in total. The van der Waals surface area contributed by atoms with Gasteiger partial charge in [0.05, 0.1) is 30.6 Å². The van der Waals surface area contributed by atoms with Crippen molar-refractivity contribution >= 4 is 5.91 Å². The molecule has 2 atom stereocenters. The first kappa shape index (κ1) is 16.5.